The Bertz CT molecular complexity index is 537. The van der Waals surface area contributed by atoms with Gasteiger partial charge in [0.05, 0.1) is 0 Å². The zero-order valence-corrected chi connectivity index (χ0v) is 11.0. The number of fused-ring (bicyclic) bond motifs is 1. The molecule has 0 radical (unpaired) electrons. The minimum atomic E-state index is -0.0126. The molecule has 5 nitrogen and oxygen atoms in total. The first-order valence-electron chi connectivity index (χ1n) is 6.07. The maximum Gasteiger partial charge on any atom is 0.234 e. The average Bonchev–Trinajstić information content (AvgIpc) is 2.73. The van der Waals surface area contributed by atoms with Crippen molar-refractivity contribution in [1.29, 1.82) is 0 Å². The average molecular weight is 251 g/mol. The lowest BCUT2D eigenvalue weighted by Crippen LogP contribution is -2.48. The first-order valence-corrected chi connectivity index (χ1v) is 6.89. The van der Waals surface area contributed by atoms with Gasteiger partial charge in [-0.1, -0.05) is 25.2 Å². The van der Waals surface area contributed by atoms with Crippen LogP contribution in [-0.2, 0) is 6.42 Å². The van der Waals surface area contributed by atoms with E-state index in [-0.39, 0.29) is 5.54 Å². The van der Waals surface area contributed by atoms with E-state index in [2.05, 4.69) is 29.1 Å². The smallest absolute Gasteiger partial charge is 0.234 e. The third-order valence-corrected chi connectivity index (χ3v) is 4.32. The van der Waals surface area contributed by atoms with Crippen LogP contribution in [-0.4, -0.2) is 25.4 Å². The molecule has 17 heavy (non-hydrogen) atoms. The predicted octanol–water partition coefficient (Wildman–Crippen LogP) is 1.73. The van der Waals surface area contributed by atoms with Crippen molar-refractivity contribution in [2.75, 3.05) is 0 Å². The van der Waals surface area contributed by atoms with Gasteiger partial charge in [-0.15, -0.1) is 10.2 Å². The Hall–Kier alpha value is -1.01. The van der Waals surface area contributed by atoms with Crippen LogP contribution in [0.3, 0.4) is 0 Å². The van der Waals surface area contributed by atoms with E-state index in [9.17, 15) is 0 Å². The molecule has 2 aromatic rings. The van der Waals surface area contributed by atoms with Crippen molar-refractivity contribution in [3.8, 4) is 0 Å². The van der Waals surface area contributed by atoms with Gasteiger partial charge in [-0.3, -0.25) is 0 Å². The Morgan fingerprint density at radius 3 is 2.76 bits per heavy atom. The molecule has 6 heteroatoms. The highest BCUT2D eigenvalue weighted by Gasteiger charge is 2.34. The van der Waals surface area contributed by atoms with Gasteiger partial charge in [-0.05, 0) is 19.3 Å². The van der Waals surface area contributed by atoms with Crippen LogP contribution in [0.4, 0.5) is 0 Å². The number of aromatic nitrogens is 4. The number of rotatable bonds is 3. The quantitative estimate of drug-likeness (QED) is 0.902. The molecule has 92 valence electrons. The maximum atomic E-state index is 6.24. The van der Waals surface area contributed by atoms with Gasteiger partial charge in [0.1, 0.15) is 5.01 Å². The third kappa shape index (κ3) is 1.85. The van der Waals surface area contributed by atoms with Crippen molar-refractivity contribution in [3.05, 3.63) is 10.8 Å². The first-order chi connectivity index (χ1) is 8.07. The molecular weight excluding hydrogens is 234 g/mol. The molecule has 2 aromatic heterocycles. The molecule has 0 saturated heterocycles. The molecule has 0 unspecified atom stereocenters. The summed E-state index contributed by atoms with van der Waals surface area (Å²) in [6.07, 6.45) is 4.35. The largest absolute Gasteiger partial charge is 0.325 e. The molecule has 1 saturated carbocycles. The fraction of sp³-hybridized carbons (Fsp3) is 0.727. The fourth-order valence-electron chi connectivity index (χ4n) is 2.21. The van der Waals surface area contributed by atoms with E-state index in [1.807, 2.05) is 4.52 Å². The van der Waals surface area contributed by atoms with Gasteiger partial charge in [0.15, 0.2) is 5.82 Å². The lowest BCUT2D eigenvalue weighted by atomic mass is 9.75. The van der Waals surface area contributed by atoms with Crippen LogP contribution in [0.15, 0.2) is 0 Å². The van der Waals surface area contributed by atoms with Crippen LogP contribution in [0.1, 0.15) is 49.9 Å². The zero-order chi connectivity index (χ0) is 12.0. The fourth-order valence-corrected chi connectivity index (χ4v) is 3.21. The van der Waals surface area contributed by atoms with Crippen molar-refractivity contribution < 1.29 is 0 Å². The molecular formula is C11H17N5S. The zero-order valence-electron chi connectivity index (χ0n) is 10.2. The first kappa shape index (κ1) is 11.1. The molecule has 2 heterocycles. The predicted molar refractivity (Wildman–Crippen MR) is 67.2 cm³/mol. The van der Waals surface area contributed by atoms with Crippen LogP contribution >= 0.6 is 11.3 Å². The van der Waals surface area contributed by atoms with E-state index in [0.29, 0.717) is 5.92 Å². The number of hydrogen-bond acceptors (Lipinski definition) is 5. The standard InChI is InChI=1S/C11H17N5S/c1-7(2)9-13-14-10-16(9)15-8(17-10)6-11(12)4-3-5-11/h7H,3-6,12H2,1-2H3. The van der Waals surface area contributed by atoms with Crippen LogP contribution in [0.5, 0.6) is 0 Å². The topological polar surface area (TPSA) is 69.1 Å². The molecule has 1 aliphatic rings. The molecule has 0 bridgehead atoms. The summed E-state index contributed by atoms with van der Waals surface area (Å²) in [6.45, 7) is 4.21. The van der Waals surface area contributed by atoms with Crippen molar-refractivity contribution >= 4 is 16.3 Å². The van der Waals surface area contributed by atoms with Gasteiger partial charge >= 0.3 is 0 Å². The van der Waals surface area contributed by atoms with Crippen molar-refractivity contribution in [2.45, 2.75) is 51.0 Å². The van der Waals surface area contributed by atoms with Gasteiger partial charge in [-0.25, -0.2) is 0 Å². The lowest BCUT2D eigenvalue weighted by Gasteiger charge is -2.37. The van der Waals surface area contributed by atoms with E-state index in [1.165, 1.54) is 6.42 Å². The molecule has 2 N–H and O–H groups in total. The minimum Gasteiger partial charge on any atom is -0.325 e. The number of nitrogens with two attached hydrogens (primary N) is 1. The van der Waals surface area contributed by atoms with E-state index < -0.39 is 0 Å². The Morgan fingerprint density at radius 1 is 1.41 bits per heavy atom. The second kappa shape index (κ2) is 3.74. The van der Waals surface area contributed by atoms with Crippen molar-refractivity contribution in [3.63, 3.8) is 0 Å². The van der Waals surface area contributed by atoms with Crippen molar-refractivity contribution in [2.24, 2.45) is 5.73 Å². The summed E-state index contributed by atoms with van der Waals surface area (Å²) in [5, 5.41) is 14.0. The third-order valence-electron chi connectivity index (χ3n) is 3.43. The van der Waals surface area contributed by atoms with Gasteiger partial charge in [0.2, 0.25) is 4.96 Å². The molecule has 1 fully saturated rings. The van der Waals surface area contributed by atoms with Crippen LogP contribution in [0, 0.1) is 0 Å². The van der Waals surface area contributed by atoms with Crippen LogP contribution in [0.25, 0.3) is 4.96 Å². The Kier molecular flexibility index (Phi) is 2.45. The summed E-state index contributed by atoms with van der Waals surface area (Å²) >= 11 is 1.61. The van der Waals surface area contributed by atoms with E-state index in [0.717, 1.165) is 35.1 Å². The van der Waals surface area contributed by atoms with Gasteiger partial charge in [0.25, 0.3) is 0 Å². The molecule has 0 atom stereocenters. The number of hydrogen-bond donors (Lipinski definition) is 1. The van der Waals surface area contributed by atoms with Crippen LogP contribution in [0.2, 0.25) is 0 Å². The van der Waals surface area contributed by atoms with Crippen LogP contribution < -0.4 is 5.73 Å². The second-order valence-corrected chi connectivity index (χ2v) is 6.34. The highest BCUT2D eigenvalue weighted by Crippen LogP contribution is 2.33. The normalized spacial score (nSPS) is 18.8. The molecule has 1 aliphatic carbocycles. The second-order valence-electron chi connectivity index (χ2n) is 5.30. The Morgan fingerprint density at radius 2 is 2.18 bits per heavy atom. The summed E-state index contributed by atoms with van der Waals surface area (Å²) in [7, 11) is 0. The summed E-state index contributed by atoms with van der Waals surface area (Å²) in [5.74, 6) is 1.28. The summed E-state index contributed by atoms with van der Waals surface area (Å²) < 4.78 is 1.87. The van der Waals surface area contributed by atoms with E-state index in [1.54, 1.807) is 11.3 Å². The Labute approximate surface area is 104 Å². The SMILES string of the molecule is CC(C)c1nnc2sc(CC3(N)CCC3)nn12. The molecule has 0 amide bonds. The Balaban J connectivity index is 1.91. The molecule has 0 aliphatic heterocycles. The van der Waals surface area contributed by atoms with Gasteiger partial charge in [0, 0.05) is 17.9 Å². The van der Waals surface area contributed by atoms with E-state index in [4.69, 9.17) is 5.73 Å². The summed E-state index contributed by atoms with van der Waals surface area (Å²) in [5.41, 5.74) is 6.23. The molecule has 0 spiro atoms. The summed E-state index contributed by atoms with van der Waals surface area (Å²) in [4.78, 5) is 0.881. The van der Waals surface area contributed by atoms with E-state index >= 15 is 0 Å². The minimum absolute atomic E-state index is 0.0126. The number of nitrogens with zero attached hydrogens (tertiary/aromatic N) is 4. The molecule has 0 aromatic carbocycles. The summed E-state index contributed by atoms with van der Waals surface area (Å²) in [6, 6.07) is 0. The highest BCUT2D eigenvalue weighted by atomic mass is 32.1. The molecule has 3 rings (SSSR count). The lowest BCUT2D eigenvalue weighted by molar-refractivity contribution is 0.246. The van der Waals surface area contributed by atoms with Gasteiger partial charge < -0.3 is 5.73 Å². The van der Waals surface area contributed by atoms with Crippen molar-refractivity contribution in [1.82, 2.24) is 19.8 Å². The highest BCUT2D eigenvalue weighted by molar-refractivity contribution is 7.16. The monoisotopic (exact) mass is 251 g/mol. The maximum absolute atomic E-state index is 6.24. The van der Waals surface area contributed by atoms with Gasteiger partial charge in [-0.2, -0.15) is 9.61 Å².